The second-order valence-corrected chi connectivity index (χ2v) is 8.59. The molecule has 4 aromatic rings. The summed E-state index contributed by atoms with van der Waals surface area (Å²) >= 11 is 8.24. The second kappa shape index (κ2) is 7.98. The zero-order valence-electron chi connectivity index (χ0n) is 14.6. The van der Waals surface area contributed by atoms with Crippen LogP contribution in [0.2, 0.25) is 0 Å². The third-order valence-corrected chi connectivity index (χ3v) is 5.84. The zero-order valence-corrected chi connectivity index (χ0v) is 18.6. The Labute approximate surface area is 181 Å². The highest BCUT2D eigenvalue weighted by Crippen LogP contribution is 2.31. The Kier molecular flexibility index (Phi) is 5.43. The molecule has 2 aromatic carbocycles. The van der Waals surface area contributed by atoms with Crippen LogP contribution in [-0.2, 0) is 0 Å². The van der Waals surface area contributed by atoms with Gasteiger partial charge in [0, 0.05) is 15.2 Å². The fourth-order valence-electron chi connectivity index (χ4n) is 2.66. The first kappa shape index (κ1) is 19.0. The molecule has 0 radical (unpaired) electrons. The van der Waals surface area contributed by atoms with Crippen LogP contribution in [0.5, 0.6) is 0 Å². The third kappa shape index (κ3) is 3.94. The van der Waals surface area contributed by atoms with Gasteiger partial charge in [-0.25, -0.2) is 9.78 Å². The highest BCUT2D eigenvalue weighted by Gasteiger charge is 2.13. The van der Waals surface area contributed by atoms with E-state index in [0.717, 1.165) is 21.1 Å². The van der Waals surface area contributed by atoms with Gasteiger partial charge in [-0.2, -0.15) is 5.10 Å². The van der Waals surface area contributed by atoms with E-state index in [1.165, 1.54) is 11.3 Å². The lowest BCUT2D eigenvalue weighted by Gasteiger charge is -2.03. The van der Waals surface area contributed by atoms with Crippen molar-refractivity contribution < 1.29 is 4.42 Å². The summed E-state index contributed by atoms with van der Waals surface area (Å²) in [5.74, 6) is 0. The number of aromatic nitrogens is 1. The van der Waals surface area contributed by atoms with Crippen molar-refractivity contribution in [3.05, 3.63) is 78.8 Å². The molecule has 140 valence electrons. The Bertz CT molecular complexity index is 1250. The third-order valence-electron chi connectivity index (χ3n) is 4.04. The predicted molar refractivity (Wildman–Crippen MR) is 121 cm³/mol. The quantitative estimate of drug-likeness (QED) is 0.196. The second-order valence-electron chi connectivity index (χ2n) is 5.97. The maximum absolute atomic E-state index is 12.4. The Morgan fingerprint density at radius 1 is 1.18 bits per heavy atom. The average molecular weight is 519 g/mol. The molecular weight excluding hydrogens is 506 g/mol. The lowest BCUT2D eigenvalue weighted by molar-refractivity contribution is 0.561. The number of hydrogen-bond acceptors (Lipinski definition) is 6. The minimum absolute atomic E-state index is 0.408. The van der Waals surface area contributed by atoms with E-state index < -0.39 is 5.63 Å². The maximum atomic E-state index is 12.4. The molecule has 1 N–H and O–H groups in total. The van der Waals surface area contributed by atoms with Crippen molar-refractivity contribution in [2.45, 2.75) is 6.92 Å². The standard InChI is InChI=1S/C20H13Br2N3O2S/c1-11(12-5-3-2-4-6-12)24-25-20-23-17(10-28-20)15-8-13-7-14(21)9-16(22)18(13)27-19(15)26/h2-10H,1H3,(H,23,25)/b24-11+. The molecule has 0 atom stereocenters. The van der Waals surface area contributed by atoms with E-state index >= 15 is 0 Å². The van der Waals surface area contributed by atoms with Gasteiger partial charge >= 0.3 is 5.63 Å². The summed E-state index contributed by atoms with van der Waals surface area (Å²) in [6.45, 7) is 1.92. The summed E-state index contributed by atoms with van der Waals surface area (Å²) in [4.78, 5) is 16.9. The van der Waals surface area contributed by atoms with Crippen LogP contribution in [-0.4, -0.2) is 10.7 Å². The van der Waals surface area contributed by atoms with E-state index in [-0.39, 0.29) is 0 Å². The number of hydrazone groups is 1. The lowest BCUT2D eigenvalue weighted by atomic mass is 10.1. The summed E-state index contributed by atoms with van der Waals surface area (Å²) in [7, 11) is 0. The van der Waals surface area contributed by atoms with Crippen LogP contribution in [0.15, 0.2) is 77.2 Å². The number of benzene rings is 2. The molecule has 8 heteroatoms. The molecule has 0 aliphatic heterocycles. The fraction of sp³-hybridized carbons (Fsp3) is 0.0500. The van der Waals surface area contributed by atoms with Crippen LogP contribution in [0.25, 0.3) is 22.2 Å². The van der Waals surface area contributed by atoms with Gasteiger partial charge in [0.25, 0.3) is 0 Å². The molecule has 4 rings (SSSR count). The number of halogens is 2. The van der Waals surface area contributed by atoms with Crippen LogP contribution >= 0.6 is 43.2 Å². The van der Waals surface area contributed by atoms with Crippen molar-refractivity contribution >= 4 is 65.0 Å². The summed E-state index contributed by atoms with van der Waals surface area (Å²) < 4.78 is 7.09. The highest BCUT2D eigenvalue weighted by atomic mass is 79.9. The van der Waals surface area contributed by atoms with Crippen molar-refractivity contribution in [1.82, 2.24) is 4.98 Å². The topological polar surface area (TPSA) is 67.5 Å². The molecule has 28 heavy (non-hydrogen) atoms. The maximum Gasteiger partial charge on any atom is 0.345 e. The van der Waals surface area contributed by atoms with Crippen molar-refractivity contribution in [1.29, 1.82) is 0 Å². The van der Waals surface area contributed by atoms with E-state index in [1.54, 1.807) is 11.4 Å². The van der Waals surface area contributed by atoms with Crippen LogP contribution in [0.3, 0.4) is 0 Å². The lowest BCUT2D eigenvalue weighted by Crippen LogP contribution is -2.03. The van der Waals surface area contributed by atoms with Crippen LogP contribution < -0.4 is 11.1 Å². The molecule has 0 saturated carbocycles. The van der Waals surface area contributed by atoms with Gasteiger partial charge < -0.3 is 4.42 Å². The van der Waals surface area contributed by atoms with Gasteiger partial charge in [0.1, 0.15) is 0 Å². The molecule has 0 saturated heterocycles. The summed E-state index contributed by atoms with van der Waals surface area (Å²) in [5, 5.41) is 7.57. The van der Waals surface area contributed by atoms with Crippen molar-refractivity contribution in [2.24, 2.45) is 5.10 Å². The number of rotatable bonds is 4. The number of anilines is 1. The largest absolute Gasteiger partial charge is 0.421 e. The minimum atomic E-state index is -0.434. The summed E-state index contributed by atoms with van der Waals surface area (Å²) in [5.41, 5.74) is 5.86. The van der Waals surface area contributed by atoms with Crippen LogP contribution in [0, 0.1) is 0 Å². The van der Waals surface area contributed by atoms with Crippen molar-refractivity contribution in [2.75, 3.05) is 5.43 Å². The molecular formula is C20H13Br2N3O2S. The van der Waals surface area contributed by atoms with Gasteiger partial charge in [-0.05, 0) is 46.6 Å². The Hall–Kier alpha value is -2.29. The Morgan fingerprint density at radius 3 is 2.75 bits per heavy atom. The van der Waals surface area contributed by atoms with E-state index in [4.69, 9.17) is 4.42 Å². The normalized spacial score (nSPS) is 11.8. The van der Waals surface area contributed by atoms with E-state index in [1.807, 2.05) is 49.4 Å². The molecule has 2 heterocycles. The van der Waals surface area contributed by atoms with Gasteiger partial charge in [-0.1, -0.05) is 46.3 Å². The molecule has 0 bridgehead atoms. The smallest absolute Gasteiger partial charge is 0.345 e. The summed E-state index contributed by atoms with van der Waals surface area (Å²) in [6, 6.07) is 15.4. The van der Waals surface area contributed by atoms with E-state index in [2.05, 4.69) is 47.4 Å². The molecule has 0 unspecified atom stereocenters. The minimum Gasteiger partial charge on any atom is -0.421 e. The molecule has 0 fully saturated rings. The number of fused-ring (bicyclic) bond motifs is 1. The number of hydrogen-bond donors (Lipinski definition) is 1. The van der Waals surface area contributed by atoms with Crippen LogP contribution in [0.1, 0.15) is 12.5 Å². The first-order chi connectivity index (χ1) is 13.5. The molecule has 0 aliphatic carbocycles. The Morgan fingerprint density at radius 2 is 1.96 bits per heavy atom. The van der Waals surface area contributed by atoms with Crippen molar-refractivity contribution in [3.63, 3.8) is 0 Å². The monoisotopic (exact) mass is 517 g/mol. The van der Waals surface area contributed by atoms with Gasteiger partial charge in [0.05, 0.1) is 21.4 Å². The number of thiazole rings is 1. The molecule has 0 spiro atoms. The summed E-state index contributed by atoms with van der Waals surface area (Å²) in [6.07, 6.45) is 0. The fourth-order valence-corrected chi connectivity index (χ4v) is 4.65. The molecule has 5 nitrogen and oxygen atoms in total. The van der Waals surface area contributed by atoms with Gasteiger partial charge in [-0.3, -0.25) is 5.43 Å². The van der Waals surface area contributed by atoms with Gasteiger partial charge in [0.2, 0.25) is 5.13 Å². The zero-order chi connectivity index (χ0) is 19.7. The molecule has 0 aliphatic rings. The Balaban J connectivity index is 1.64. The van der Waals surface area contributed by atoms with Gasteiger partial charge in [0.15, 0.2) is 5.58 Å². The first-order valence-corrected chi connectivity index (χ1v) is 10.7. The molecule has 2 aromatic heterocycles. The SMILES string of the molecule is C/C(=N\Nc1nc(-c2cc3cc(Br)cc(Br)c3oc2=O)cs1)c1ccccc1. The van der Waals surface area contributed by atoms with E-state index in [9.17, 15) is 4.79 Å². The first-order valence-electron chi connectivity index (χ1n) is 8.26. The predicted octanol–water partition coefficient (Wildman–Crippen LogP) is 6.28. The van der Waals surface area contributed by atoms with Crippen molar-refractivity contribution in [3.8, 4) is 11.3 Å². The highest BCUT2D eigenvalue weighted by molar-refractivity contribution is 9.11. The van der Waals surface area contributed by atoms with Crippen LogP contribution in [0.4, 0.5) is 5.13 Å². The molecule has 0 amide bonds. The number of nitrogens with zero attached hydrogens (tertiary/aromatic N) is 2. The number of nitrogens with one attached hydrogen (secondary N) is 1. The van der Waals surface area contributed by atoms with E-state index in [0.29, 0.717) is 26.4 Å². The average Bonchev–Trinajstić information content (AvgIpc) is 3.16. The van der Waals surface area contributed by atoms with Gasteiger partial charge in [-0.15, -0.1) is 11.3 Å².